The van der Waals surface area contributed by atoms with Crippen molar-refractivity contribution in [3.05, 3.63) is 41.8 Å². The second-order valence-electron chi connectivity index (χ2n) is 4.65. The second kappa shape index (κ2) is 6.11. The lowest BCUT2D eigenvalue weighted by Gasteiger charge is -2.06. The lowest BCUT2D eigenvalue weighted by molar-refractivity contribution is -0.139. The number of carboxylic acid groups (broad SMARTS) is 1. The average molecular weight is 328 g/mol. The van der Waals surface area contributed by atoms with Crippen LogP contribution >= 0.6 is 0 Å². The van der Waals surface area contributed by atoms with Crippen LogP contribution in [0.1, 0.15) is 23.0 Å². The first kappa shape index (κ1) is 16.5. The Hall–Kier alpha value is -2.84. The topological polar surface area (TPSA) is 92.4 Å². The molecule has 0 fully saturated rings. The molecular weight excluding hydrogens is 317 g/mol. The van der Waals surface area contributed by atoms with Crippen molar-refractivity contribution in [2.24, 2.45) is 0 Å². The summed E-state index contributed by atoms with van der Waals surface area (Å²) in [4.78, 5) is 26.2. The second-order valence-corrected chi connectivity index (χ2v) is 4.65. The molecule has 1 amide bonds. The number of benzene rings is 1. The number of hydrogen-bond acceptors (Lipinski definition) is 4. The molecule has 0 saturated heterocycles. The van der Waals surface area contributed by atoms with Gasteiger partial charge in [0.25, 0.3) is 5.91 Å². The number of hydrogen-bond donors (Lipinski definition) is 2. The first-order valence-electron chi connectivity index (χ1n) is 6.35. The van der Waals surface area contributed by atoms with E-state index in [1.165, 1.54) is 6.92 Å². The van der Waals surface area contributed by atoms with E-state index in [0.717, 1.165) is 30.5 Å². The Morgan fingerprint density at radius 2 is 1.87 bits per heavy atom. The third-order valence-electron chi connectivity index (χ3n) is 2.91. The molecular formula is C14H11F3N2O4. The SMILES string of the molecule is CC(NC(=O)c1coc(-c2ccc(C(F)(F)F)cc2)n1)C(=O)O. The average Bonchev–Trinajstić information content (AvgIpc) is 2.96. The Morgan fingerprint density at radius 3 is 2.39 bits per heavy atom. The van der Waals surface area contributed by atoms with Crippen molar-refractivity contribution in [3.63, 3.8) is 0 Å². The molecule has 0 bridgehead atoms. The normalized spacial score (nSPS) is 12.7. The molecule has 1 aromatic carbocycles. The van der Waals surface area contributed by atoms with Crippen molar-refractivity contribution in [2.75, 3.05) is 0 Å². The highest BCUT2D eigenvalue weighted by Gasteiger charge is 2.30. The van der Waals surface area contributed by atoms with Gasteiger partial charge in [-0.3, -0.25) is 9.59 Å². The largest absolute Gasteiger partial charge is 0.480 e. The van der Waals surface area contributed by atoms with Crippen LogP contribution in [0.2, 0.25) is 0 Å². The monoisotopic (exact) mass is 328 g/mol. The van der Waals surface area contributed by atoms with Gasteiger partial charge < -0.3 is 14.8 Å². The van der Waals surface area contributed by atoms with Crippen LogP contribution in [0.4, 0.5) is 13.2 Å². The van der Waals surface area contributed by atoms with Crippen molar-refractivity contribution in [1.82, 2.24) is 10.3 Å². The summed E-state index contributed by atoms with van der Waals surface area (Å²) in [7, 11) is 0. The molecule has 0 aliphatic rings. The minimum atomic E-state index is -4.45. The van der Waals surface area contributed by atoms with Crippen LogP contribution in [0, 0.1) is 0 Å². The number of oxazole rings is 1. The molecule has 0 aliphatic carbocycles. The fourth-order valence-electron chi connectivity index (χ4n) is 1.64. The molecule has 0 aliphatic heterocycles. The van der Waals surface area contributed by atoms with Gasteiger partial charge in [-0.1, -0.05) is 0 Å². The predicted molar refractivity (Wildman–Crippen MR) is 71.5 cm³/mol. The maximum Gasteiger partial charge on any atom is 0.416 e. The van der Waals surface area contributed by atoms with Crippen molar-refractivity contribution in [2.45, 2.75) is 19.1 Å². The summed E-state index contributed by atoms with van der Waals surface area (Å²) in [5.41, 5.74) is -0.739. The van der Waals surface area contributed by atoms with Gasteiger partial charge in [0.1, 0.15) is 12.3 Å². The highest BCUT2D eigenvalue weighted by atomic mass is 19.4. The van der Waals surface area contributed by atoms with E-state index in [2.05, 4.69) is 10.3 Å². The van der Waals surface area contributed by atoms with E-state index in [9.17, 15) is 22.8 Å². The van der Waals surface area contributed by atoms with E-state index in [1.54, 1.807) is 0 Å². The predicted octanol–water partition coefficient (Wildman–Crippen LogP) is 2.56. The highest BCUT2D eigenvalue weighted by molar-refractivity contribution is 5.94. The molecule has 9 heteroatoms. The first-order chi connectivity index (χ1) is 10.7. The van der Waals surface area contributed by atoms with Crippen LogP contribution in [-0.2, 0) is 11.0 Å². The fourth-order valence-corrected chi connectivity index (χ4v) is 1.64. The van der Waals surface area contributed by atoms with Gasteiger partial charge in [0.2, 0.25) is 5.89 Å². The molecule has 0 saturated carbocycles. The molecule has 0 spiro atoms. The number of alkyl halides is 3. The van der Waals surface area contributed by atoms with Gasteiger partial charge >= 0.3 is 12.1 Å². The Labute approximate surface area is 127 Å². The molecule has 122 valence electrons. The minimum Gasteiger partial charge on any atom is -0.480 e. The van der Waals surface area contributed by atoms with Gasteiger partial charge in [-0.2, -0.15) is 13.2 Å². The van der Waals surface area contributed by atoms with Crippen molar-refractivity contribution < 1.29 is 32.3 Å². The van der Waals surface area contributed by atoms with Crippen LogP contribution in [0.3, 0.4) is 0 Å². The Bertz CT molecular complexity index is 722. The molecule has 1 aromatic heterocycles. The molecule has 2 aromatic rings. The van der Waals surface area contributed by atoms with E-state index in [0.29, 0.717) is 0 Å². The number of rotatable bonds is 4. The van der Waals surface area contributed by atoms with E-state index < -0.39 is 29.7 Å². The third-order valence-corrected chi connectivity index (χ3v) is 2.91. The fraction of sp³-hybridized carbons (Fsp3) is 0.214. The van der Waals surface area contributed by atoms with Gasteiger partial charge in [0, 0.05) is 5.56 Å². The number of nitrogens with one attached hydrogen (secondary N) is 1. The summed E-state index contributed by atoms with van der Waals surface area (Å²) in [5, 5.41) is 10.9. The van der Waals surface area contributed by atoms with E-state index >= 15 is 0 Å². The van der Waals surface area contributed by atoms with Gasteiger partial charge in [0.05, 0.1) is 5.56 Å². The lowest BCUT2D eigenvalue weighted by Crippen LogP contribution is -2.38. The van der Waals surface area contributed by atoms with Crippen LogP contribution < -0.4 is 5.32 Å². The number of aliphatic carboxylic acids is 1. The van der Waals surface area contributed by atoms with Gasteiger partial charge in [-0.05, 0) is 31.2 Å². The maximum absolute atomic E-state index is 12.5. The highest BCUT2D eigenvalue weighted by Crippen LogP contribution is 2.30. The molecule has 2 rings (SSSR count). The number of nitrogens with zero attached hydrogens (tertiary/aromatic N) is 1. The zero-order valence-electron chi connectivity index (χ0n) is 11.7. The molecule has 0 radical (unpaired) electrons. The van der Waals surface area contributed by atoms with Gasteiger partial charge in [-0.15, -0.1) is 0 Å². The number of carbonyl (C=O) groups is 2. The quantitative estimate of drug-likeness (QED) is 0.900. The molecule has 1 heterocycles. The molecule has 6 nitrogen and oxygen atoms in total. The van der Waals surface area contributed by atoms with E-state index in [4.69, 9.17) is 9.52 Å². The summed E-state index contributed by atoms with van der Waals surface area (Å²) in [6.07, 6.45) is -3.45. The van der Waals surface area contributed by atoms with Gasteiger partial charge in [-0.25, -0.2) is 4.98 Å². The number of aromatic nitrogens is 1. The molecule has 1 atom stereocenters. The van der Waals surface area contributed by atoms with Crippen molar-refractivity contribution in [3.8, 4) is 11.5 Å². The number of carboxylic acids is 1. The smallest absolute Gasteiger partial charge is 0.416 e. The summed E-state index contributed by atoms with van der Waals surface area (Å²) >= 11 is 0. The molecule has 23 heavy (non-hydrogen) atoms. The first-order valence-corrected chi connectivity index (χ1v) is 6.35. The Morgan fingerprint density at radius 1 is 1.26 bits per heavy atom. The van der Waals surface area contributed by atoms with E-state index in [-0.39, 0.29) is 17.1 Å². The van der Waals surface area contributed by atoms with Crippen LogP contribution in [0.15, 0.2) is 34.9 Å². The zero-order chi connectivity index (χ0) is 17.2. The van der Waals surface area contributed by atoms with Crippen LogP contribution in [-0.4, -0.2) is 28.0 Å². The summed E-state index contributed by atoms with van der Waals surface area (Å²) in [5.74, 6) is -2.03. The lowest BCUT2D eigenvalue weighted by atomic mass is 10.1. The Kier molecular flexibility index (Phi) is 4.39. The summed E-state index contributed by atoms with van der Waals surface area (Å²) < 4.78 is 42.5. The Balaban J connectivity index is 2.16. The number of halogens is 3. The molecule has 2 N–H and O–H groups in total. The zero-order valence-corrected chi connectivity index (χ0v) is 11.7. The maximum atomic E-state index is 12.5. The van der Waals surface area contributed by atoms with Gasteiger partial charge in [0.15, 0.2) is 5.69 Å². The minimum absolute atomic E-state index is 0.0492. The third kappa shape index (κ3) is 3.87. The van der Waals surface area contributed by atoms with Crippen LogP contribution in [0.25, 0.3) is 11.5 Å². The number of amides is 1. The van der Waals surface area contributed by atoms with E-state index in [1.807, 2.05) is 0 Å². The standard InChI is InChI=1S/C14H11F3N2O4/c1-7(13(21)22)18-11(20)10-6-23-12(19-10)8-2-4-9(5-3-8)14(15,16)17/h2-7H,1H3,(H,18,20)(H,21,22). The number of carbonyl (C=O) groups excluding carboxylic acids is 1. The van der Waals surface area contributed by atoms with Crippen LogP contribution in [0.5, 0.6) is 0 Å². The summed E-state index contributed by atoms with van der Waals surface area (Å²) in [6.45, 7) is 1.27. The van der Waals surface area contributed by atoms with Crippen molar-refractivity contribution >= 4 is 11.9 Å². The summed E-state index contributed by atoms with van der Waals surface area (Å²) in [6, 6.07) is 2.94. The van der Waals surface area contributed by atoms with Crippen molar-refractivity contribution in [1.29, 1.82) is 0 Å². The molecule has 1 unspecified atom stereocenters.